The number of nitrogens with zero attached hydrogens (tertiary/aromatic N) is 2. The van der Waals surface area contributed by atoms with E-state index < -0.39 is 24.0 Å². The molecule has 1 N–H and O–H groups in total. The molecule has 0 saturated carbocycles. The third kappa shape index (κ3) is 3.61. The van der Waals surface area contributed by atoms with Crippen molar-refractivity contribution in [1.29, 1.82) is 0 Å². The van der Waals surface area contributed by atoms with E-state index in [1.807, 2.05) is 0 Å². The van der Waals surface area contributed by atoms with Crippen LogP contribution in [-0.4, -0.2) is 29.4 Å². The van der Waals surface area contributed by atoms with Gasteiger partial charge in [0.25, 0.3) is 0 Å². The van der Waals surface area contributed by atoms with Crippen LogP contribution in [0.2, 0.25) is 10.3 Å². The molecule has 5 nitrogen and oxygen atoms in total. The van der Waals surface area contributed by atoms with Gasteiger partial charge in [0, 0.05) is 12.6 Å². The number of aromatic nitrogens is 2. The fraction of sp³-hybridized carbons (Fsp3) is 0.154. The number of carbonyl (C=O) groups is 1. The third-order valence-corrected chi connectivity index (χ3v) is 3.13. The highest BCUT2D eigenvalue weighted by atomic mass is 35.5. The van der Waals surface area contributed by atoms with Gasteiger partial charge in [0.2, 0.25) is 11.1 Å². The molecule has 0 fully saturated rings. The number of hydrogen-bond acceptors (Lipinski definition) is 5. The quantitative estimate of drug-likeness (QED) is 0.510. The number of ether oxygens (including phenoxy) is 1. The minimum absolute atomic E-state index is 0.00618. The molecule has 0 aliphatic rings. The summed E-state index contributed by atoms with van der Waals surface area (Å²) in [6, 6.07) is 1.45. The minimum atomic E-state index is -1.17. The normalized spacial score (nSPS) is 10.4. The fourth-order valence-corrected chi connectivity index (χ4v) is 1.98. The van der Waals surface area contributed by atoms with Crippen LogP contribution in [0.25, 0.3) is 0 Å². The van der Waals surface area contributed by atoms with Crippen molar-refractivity contribution in [2.75, 3.05) is 19.0 Å². The molecule has 2 aromatic rings. The summed E-state index contributed by atoms with van der Waals surface area (Å²) in [5.41, 5.74) is -0.179. The lowest BCUT2D eigenvalue weighted by Crippen LogP contribution is -2.14. The van der Waals surface area contributed by atoms with E-state index in [0.29, 0.717) is 0 Å². The highest BCUT2D eigenvalue weighted by Crippen LogP contribution is 2.24. The van der Waals surface area contributed by atoms with Gasteiger partial charge in [-0.3, -0.25) is 4.79 Å². The maximum atomic E-state index is 13.2. The molecule has 0 saturated heterocycles. The first-order valence-corrected chi connectivity index (χ1v) is 6.68. The highest BCUT2D eigenvalue weighted by molar-refractivity contribution is 6.34. The van der Waals surface area contributed by atoms with E-state index in [9.17, 15) is 13.6 Å². The molecule has 0 atom stereocenters. The molecule has 0 bridgehead atoms. The summed E-state index contributed by atoms with van der Waals surface area (Å²) in [6.07, 6.45) is 1.28. The number of hydrogen-bond donors (Lipinski definition) is 1. The number of ketones is 1. The van der Waals surface area contributed by atoms with Crippen molar-refractivity contribution in [3.8, 4) is 5.75 Å². The zero-order valence-corrected chi connectivity index (χ0v) is 12.7. The molecule has 9 heteroatoms. The summed E-state index contributed by atoms with van der Waals surface area (Å²) in [5, 5.41) is 2.53. The molecule has 0 radical (unpaired) electrons. The molecule has 1 aromatic carbocycles. The summed E-state index contributed by atoms with van der Waals surface area (Å²) in [6.45, 7) is -0.454. The summed E-state index contributed by atoms with van der Waals surface area (Å²) in [5.74, 6) is -2.46. The molecule has 22 heavy (non-hydrogen) atoms. The molecule has 1 aromatic heterocycles. The van der Waals surface area contributed by atoms with E-state index in [-0.39, 0.29) is 27.4 Å². The van der Waals surface area contributed by atoms with E-state index in [2.05, 4.69) is 15.3 Å². The van der Waals surface area contributed by atoms with Gasteiger partial charge < -0.3 is 10.1 Å². The van der Waals surface area contributed by atoms with E-state index >= 15 is 0 Å². The standard InChI is InChI=1S/C13H9Cl2F2N3O2/c1-18-12-11(4-19-13(15)20-12)22-5-10(21)6-2-8(16)9(17)3-7(6)14/h2-4H,5H2,1H3,(H,18,19,20). The summed E-state index contributed by atoms with van der Waals surface area (Å²) in [7, 11) is 1.58. The molecule has 0 aliphatic heterocycles. The van der Waals surface area contributed by atoms with Gasteiger partial charge in [-0.1, -0.05) is 11.6 Å². The van der Waals surface area contributed by atoms with Gasteiger partial charge in [-0.25, -0.2) is 13.8 Å². The van der Waals surface area contributed by atoms with E-state index in [1.165, 1.54) is 6.20 Å². The van der Waals surface area contributed by atoms with Crippen molar-refractivity contribution >= 4 is 34.8 Å². The van der Waals surface area contributed by atoms with Crippen LogP contribution in [0.4, 0.5) is 14.6 Å². The monoisotopic (exact) mass is 347 g/mol. The van der Waals surface area contributed by atoms with Gasteiger partial charge in [0.15, 0.2) is 29.8 Å². The van der Waals surface area contributed by atoms with Crippen molar-refractivity contribution in [1.82, 2.24) is 9.97 Å². The van der Waals surface area contributed by atoms with Gasteiger partial charge in [0.1, 0.15) is 0 Å². The highest BCUT2D eigenvalue weighted by Gasteiger charge is 2.16. The Labute approximate surface area is 134 Å². The zero-order valence-electron chi connectivity index (χ0n) is 11.2. The summed E-state index contributed by atoms with van der Waals surface area (Å²) < 4.78 is 31.4. The number of rotatable bonds is 5. The number of benzene rings is 1. The average molecular weight is 348 g/mol. The molecular weight excluding hydrogens is 339 g/mol. The van der Waals surface area contributed by atoms with Gasteiger partial charge in [0.05, 0.1) is 11.2 Å². The molecule has 1 heterocycles. The van der Waals surface area contributed by atoms with Gasteiger partial charge >= 0.3 is 0 Å². The first-order chi connectivity index (χ1) is 10.4. The topological polar surface area (TPSA) is 64.1 Å². The molecular formula is C13H9Cl2F2N3O2. The Kier molecular flexibility index (Phi) is 5.10. The van der Waals surface area contributed by atoms with Crippen LogP contribution in [-0.2, 0) is 0 Å². The number of anilines is 1. The van der Waals surface area contributed by atoms with Crippen molar-refractivity contribution in [2.24, 2.45) is 0 Å². The predicted molar refractivity (Wildman–Crippen MR) is 77.8 cm³/mol. The van der Waals surface area contributed by atoms with Crippen molar-refractivity contribution < 1.29 is 18.3 Å². The van der Waals surface area contributed by atoms with E-state index in [4.69, 9.17) is 27.9 Å². The van der Waals surface area contributed by atoms with Crippen molar-refractivity contribution in [3.05, 3.63) is 45.8 Å². The first-order valence-electron chi connectivity index (χ1n) is 5.93. The number of Topliss-reactive ketones (excluding diaryl/α,β-unsaturated/α-hetero) is 1. The van der Waals surface area contributed by atoms with Crippen LogP contribution in [0.5, 0.6) is 5.75 Å². The van der Waals surface area contributed by atoms with Gasteiger partial charge in [-0.15, -0.1) is 0 Å². The Morgan fingerprint density at radius 2 is 2.00 bits per heavy atom. The predicted octanol–water partition coefficient (Wildman–Crippen LogP) is 3.37. The average Bonchev–Trinajstić information content (AvgIpc) is 2.49. The fourth-order valence-electron chi connectivity index (χ4n) is 1.59. The van der Waals surface area contributed by atoms with Crippen LogP contribution in [0.1, 0.15) is 10.4 Å². The van der Waals surface area contributed by atoms with Gasteiger partial charge in [-0.05, 0) is 23.7 Å². The summed E-state index contributed by atoms with van der Waals surface area (Å²) in [4.78, 5) is 19.6. The van der Waals surface area contributed by atoms with Crippen LogP contribution < -0.4 is 10.1 Å². The van der Waals surface area contributed by atoms with E-state index in [0.717, 1.165) is 12.1 Å². The maximum absolute atomic E-state index is 13.2. The smallest absolute Gasteiger partial charge is 0.224 e. The first kappa shape index (κ1) is 16.4. The number of carbonyl (C=O) groups excluding carboxylic acids is 1. The van der Waals surface area contributed by atoms with Crippen LogP contribution in [0, 0.1) is 11.6 Å². The second-order valence-corrected chi connectivity index (χ2v) is 4.81. The third-order valence-electron chi connectivity index (χ3n) is 2.63. The Morgan fingerprint density at radius 3 is 2.68 bits per heavy atom. The van der Waals surface area contributed by atoms with Crippen molar-refractivity contribution in [3.63, 3.8) is 0 Å². The van der Waals surface area contributed by atoms with Crippen LogP contribution in [0.3, 0.4) is 0 Å². The molecule has 116 valence electrons. The maximum Gasteiger partial charge on any atom is 0.224 e. The Morgan fingerprint density at radius 1 is 1.32 bits per heavy atom. The largest absolute Gasteiger partial charge is 0.480 e. The second-order valence-electron chi connectivity index (χ2n) is 4.06. The van der Waals surface area contributed by atoms with Crippen molar-refractivity contribution in [2.45, 2.75) is 0 Å². The molecule has 0 aliphatic carbocycles. The minimum Gasteiger partial charge on any atom is -0.480 e. The number of nitrogens with one attached hydrogen (secondary N) is 1. The van der Waals surface area contributed by atoms with Crippen LogP contribution in [0.15, 0.2) is 18.3 Å². The van der Waals surface area contributed by atoms with Gasteiger partial charge in [-0.2, -0.15) is 4.98 Å². The second kappa shape index (κ2) is 6.85. The Balaban J connectivity index is 2.15. The van der Waals surface area contributed by atoms with Crippen LogP contribution >= 0.6 is 23.2 Å². The molecule has 2 rings (SSSR count). The number of halogens is 4. The lowest BCUT2D eigenvalue weighted by molar-refractivity contribution is 0.0921. The summed E-state index contributed by atoms with van der Waals surface area (Å²) >= 11 is 11.3. The lowest BCUT2D eigenvalue weighted by atomic mass is 10.1. The van der Waals surface area contributed by atoms with E-state index in [1.54, 1.807) is 7.05 Å². The molecule has 0 unspecified atom stereocenters. The Bertz CT molecular complexity index is 729. The Hall–Kier alpha value is -1.99. The zero-order chi connectivity index (χ0) is 16.3. The molecule has 0 amide bonds. The SMILES string of the molecule is CNc1nc(Cl)ncc1OCC(=O)c1cc(F)c(F)cc1Cl. The lowest BCUT2D eigenvalue weighted by Gasteiger charge is -2.10. The molecule has 0 spiro atoms.